The van der Waals surface area contributed by atoms with E-state index in [0.717, 1.165) is 5.56 Å². The minimum atomic E-state index is -0.160. The summed E-state index contributed by atoms with van der Waals surface area (Å²) in [5.41, 5.74) is 2.79. The van der Waals surface area contributed by atoms with Gasteiger partial charge in [-0.1, -0.05) is 42.0 Å². The van der Waals surface area contributed by atoms with Crippen LogP contribution in [0.1, 0.15) is 5.56 Å². The molecule has 0 saturated carbocycles. The zero-order valence-electron chi connectivity index (χ0n) is 13.7. The first-order valence-corrected chi connectivity index (χ1v) is 8.02. The smallest absolute Gasteiger partial charge is 0.266 e. The molecule has 0 saturated heterocycles. The predicted octanol–water partition coefficient (Wildman–Crippen LogP) is 4.07. The fraction of sp³-hybridized carbons (Fsp3) is 0.0476. The molecule has 4 rings (SSSR count). The van der Waals surface area contributed by atoms with Gasteiger partial charge in [0.25, 0.3) is 5.56 Å². The van der Waals surface area contributed by atoms with Gasteiger partial charge in [-0.05, 0) is 43.3 Å². The van der Waals surface area contributed by atoms with E-state index in [-0.39, 0.29) is 11.3 Å². The highest BCUT2D eigenvalue weighted by Gasteiger charge is 2.16. The SMILES string of the molecule is Cc1ccc(-n2c(-c3ccccc3O)nc3ccccc3c2=O)cc1. The summed E-state index contributed by atoms with van der Waals surface area (Å²) in [5.74, 6) is 0.510. The van der Waals surface area contributed by atoms with Crippen LogP contribution in [0, 0.1) is 6.92 Å². The second-order valence-electron chi connectivity index (χ2n) is 5.95. The summed E-state index contributed by atoms with van der Waals surface area (Å²) in [6, 6.07) is 21.8. The van der Waals surface area contributed by atoms with E-state index in [2.05, 4.69) is 4.98 Å². The van der Waals surface area contributed by atoms with Gasteiger partial charge in [0.2, 0.25) is 0 Å². The number of benzene rings is 3. The van der Waals surface area contributed by atoms with Gasteiger partial charge in [-0.25, -0.2) is 4.98 Å². The van der Waals surface area contributed by atoms with Crippen molar-refractivity contribution in [2.75, 3.05) is 0 Å². The van der Waals surface area contributed by atoms with Crippen molar-refractivity contribution in [2.24, 2.45) is 0 Å². The largest absolute Gasteiger partial charge is 0.507 e. The maximum Gasteiger partial charge on any atom is 0.266 e. The van der Waals surface area contributed by atoms with Crippen LogP contribution in [-0.4, -0.2) is 14.7 Å². The van der Waals surface area contributed by atoms with Crippen LogP contribution in [0.15, 0.2) is 77.6 Å². The number of aromatic hydroxyl groups is 1. The fourth-order valence-electron chi connectivity index (χ4n) is 2.91. The number of aromatic nitrogens is 2. The van der Waals surface area contributed by atoms with Gasteiger partial charge < -0.3 is 5.11 Å². The standard InChI is InChI=1S/C21H16N2O2/c1-14-10-12-15(13-11-14)23-20(17-7-3-5-9-19(17)24)22-18-8-4-2-6-16(18)21(23)25/h2-13,24H,1H3. The van der Waals surface area contributed by atoms with Gasteiger partial charge in [0.15, 0.2) is 5.82 Å². The van der Waals surface area contributed by atoms with Crippen LogP contribution < -0.4 is 5.56 Å². The molecule has 0 unspecified atom stereocenters. The number of hydrogen-bond acceptors (Lipinski definition) is 3. The number of phenols is 1. The molecule has 122 valence electrons. The third-order valence-corrected chi connectivity index (χ3v) is 4.21. The lowest BCUT2D eigenvalue weighted by Gasteiger charge is -2.15. The molecule has 0 bridgehead atoms. The summed E-state index contributed by atoms with van der Waals surface area (Å²) in [4.78, 5) is 17.8. The van der Waals surface area contributed by atoms with E-state index in [1.807, 2.05) is 49.4 Å². The minimum absolute atomic E-state index is 0.0885. The van der Waals surface area contributed by atoms with Crippen molar-refractivity contribution in [3.8, 4) is 22.8 Å². The Kier molecular flexibility index (Phi) is 3.58. The lowest BCUT2D eigenvalue weighted by molar-refractivity contribution is 0.476. The van der Waals surface area contributed by atoms with E-state index >= 15 is 0 Å². The van der Waals surface area contributed by atoms with E-state index < -0.39 is 0 Å². The lowest BCUT2D eigenvalue weighted by Crippen LogP contribution is -2.22. The van der Waals surface area contributed by atoms with Crippen molar-refractivity contribution in [3.63, 3.8) is 0 Å². The molecule has 0 radical (unpaired) electrons. The summed E-state index contributed by atoms with van der Waals surface area (Å²) < 4.78 is 1.55. The van der Waals surface area contributed by atoms with E-state index in [4.69, 9.17) is 0 Å². The highest BCUT2D eigenvalue weighted by atomic mass is 16.3. The van der Waals surface area contributed by atoms with Crippen LogP contribution in [0.4, 0.5) is 0 Å². The Labute approximate surface area is 144 Å². The van der Waals surface area contributed by atoms with Gasteiger partial charge in [0.05, 0.1) is 22.2 Å². The first-order valence-electron chi connectivity index (χ1n) is 8.02. The minimum Gasteiger partial charge on any atom is -0.507 e. The van der Waals surface area contributed by atoms with Crippen LogP contribution in [0.2, 0.25) is 0 Å². The van der Waals surface area contributed by atoms with E-state index in [1.165, 1.54) is 0 Å². The van der Waals surface area contributed by atoms with Gasteiger partial charge in [-0.15, -0.1) is 0 Å². The topological polar surface area (TPSA) is 55.1 Å². The number of para-hydroxylation sites is 2. The van der Waals surface area contributed by atoms with Crippen molar-refractivity contribution in [2.45, 2.75) is 6.92 Å². The molecule has 1 aromatic heterocycles. The molecule has 0 spiro atoms. The van der Waals surface area contributed by atoms with Crippen LogP contribution in [-0.2, 0) is 0 Å². The van der Waals surface area contributed by atoms with Crippen molar-refractivity contribution in [1.29, 1.82) is 0 Å². The van der Waals surface area contributed by atoms with Crippen molar-refractivity contribution in [1.82, 2.24) is 9.55 Å². The fourth-order valence-corrected chi connectivity index (χ4v) is 2.91. The van der Waals surface area contributed by atoms with Gasteiger partial charge in [-0.2, -0.15) is 0 Å². The average Bonchev–Trinajstić information content (AvgIpc) is 2.63. The molecule has 0 aliphatic heterocycles. The van der Waals surface area contributed by atoms with Crippen molar-refractivity contribution in [3.05, 3.63) is 88.7 Å². The van der Waals surface area contributed by atoms with Crippen LogP contribution in [0.25, 0.3) is 28.0 Å². The molecule has 0 amide bonds. The Morgan fingerprint density at radius 2 is 1.56 bits per heavy atom. The second-order valence-corrected chi connectivity index (χ2v) is 5.95. The molecular weight excluding hydrogens is 312 g/mol. The maximum atomic E-state index is 13.2. The molecule has 4 heteroatoms. The number of hydrogen-bond donors (Lipinski definition) is 1. The third-order valence-electron chi connectivity index (χ3n) is 4.21. The second kappa shape index (κ2) is 5.91. The van der Waals surface area contributed by atoms with Crippen molar-refractivity contribution < 1.29 is 5.11 Å². The number of phenolic OH excluding ortho intramolecular Hbond substituents is 1. The zero-order valence-corrected chi connectivity index (χ0v) is 13.7. The lowest BCUT2D eigenvalue weighted by atomic mass is 10.1. The average molecular weight is 328 g/mol. The molecule has 1 heterocycles. The van der Waals surface area contributed by atoms with E-state index in [1.54, 1.807) is 34.9 Å². The van der Waals surface area contributed by atoms with Gasteiger partial charge in [0.1, 0.15) is 5.75 Å². The Hall–Kier alpha value is -3.40. The number of fused-ring (bicyclic) bond motifs is 1. The van der Waals surface area contributed by atoms with E-state index in [0.29, 0.717) is 28.0 Å². The van der Waals surface area contributed by atoms with Gasteiger partial charge >= 0.3 is 0 Å². The van der Waals surface area contributed by atoms with Crippen LogP contribution in [0.3, 0.4) is 0 Å². The highest BCUT2D eigenvalue weighted by Crippen LogP contribution is 2.29. The molecule has 0 aliphatic carbocycles. The molecule has 0 aliphatic rings. The number of rotatable bonds is 2. The predicted molar refractivity (Wildman–Crippen MR) is 99.2 cm³/mol. The number of nitrogens with zero attached hydrogens (tertiary/aromatic N) is 2. The van der Waals surface area contributed by atoms with Gasteiger partial charge in [-0.3, -0.25) is 9.36 Å². The van der Waals surface area contributed by atoms with E-state index in [9.17, 15) is 9.90 Å². The molecular formula is C21H16N2O2. The summed E-state index contributed by atoms with van der Waals surface area (Å²) in [6.45, 7) is 2.00. The zero-order chi connectivity index (χ0) is 17.4. The molecule has 0 atom stereocenters. The summed E-state index contributed by atoms with van der Waals surface area (Å²) in [5, 5.41) is 10.8. The number of aryl methyl sites for hydroxylation is 1. The Bertz CT molecular complexity index is 1130. The van der Waals surface area contributed by atoms with Crippen molar-refractivity contribution >= 4 is 10.9 Å². The molecule has 3 aromatic carbocycles. The Morgan fingerprint density at radius 3 is 2.32 bits per heavy atom. The molecule has 0 fully saturated rings. The quantitative estimate of drug-likeness (QED) is 0.603. The summed E-state index contributed by atoms with van der Waals surface area (Å²) >= 11 is 0. The summed E-state index contributed by atoms with van der Waals surface area (Å²) in [6.07, 6.45) is 0. The Morgan fingerprint density at radius 1 is 0.880 bits per heavy atom. The molecule has 1 N–H and O–H groups in total. The summed E-state index contributed by atoms with van der Waals surface area (Å²) in [7, 11) is 0. The maximum absolute atomic E-state index is 13.2. The third kappa shape index (κ3) is 2.58. The van der Waals surface area contributed by atoms with Crippen LogP contribution in [0.5, 0.6) is 5.75 Å². The highest BCUT2D eigenvalue weighted by molar-refractivity contribution is 5.81. The molecule has 25 heavy (non-hydrogen) atoms. The Balaban J connectivity index is 2.13. The first-order chi connectivity index (χ1) is 12.1. The first kappa shape index (κ1) is 15.1. The van der Waals surface area contributed by atoms with Crippen LogP contribution >= 0.6 is 0 Å². The van der Waals surface area contributed by atoms with Gasteiger partial charge in [0, 0.05) is 0 Å². The monoisotopic (exact) mass is 328 g/mol. The molecule has 4 aromatic rings. The normalized spacial score (nSPS) is 10.9. The molecule has 4 nitrogen and oxygen atoms in total.